The normalized spacial score (nSPS) is 32.5. The molecule has 1 fully saturated rings. The fourth-order valence-corrected chi connectivity index (χ4v) is 2.25. The molecule has 0 aliphatic heterocycles. The highest BCUT2D eigenvalue weighted by atomic mass is 19.3. The second-order valence-electron chi connectivity index (χ2n) is 3.75. The average molecular weight is 177 g/mol. The molecular weight excluding hydrogens is 160 g/mol. The van der Waals surface area contributed by atoms with Crippen molar-refractivity contribution in [1.82, 2.24) is 0 Å². The van der Waals surface area contributed by atoms with Gasteiger partial charge in [0.25, 0.3) is 5.92 Å². The summed E-state index contributed by atoms with van der Waals surface area (Å²) in [7, 11) is 0. The Morgan fingerprint density at radius 3 is 1.83 bits per heavy atom. The van der Waals surface area contributed by atoms with Crippen molar-refractivity contribution in [3.05, 3.63) is 0 Å². The van der Waals surface area contributed by atoms with E-state index in [1.54, 1.807) is 0 Å². The SMILES string of the molecule is CCC(CC)C1(CN)CC1(F)F. The van der Waals surface area contributed by atoms with Gasteiger partial charge >= 0.3 is 0 Å². The Bertz CT molecular complexity index is 166. The standard InChI is InChI=1S/C9H17F2N/c1-3-7(4-2)8(6-12)5-9(8,10)11/h7H,3-6,12H2,1-2H3. The van der Waals surface area contributed by atoms with E-state index in [-0.39, 0.29) is 18.9 Å². The zero-order valence-electron chi connectivity index (χ0n) is 7.74. The molecule has 1 aliphatic rings. The largest absolute Gasteiger partial charge is 0.330 e. The molecule has 0 saturated heterocycles. The van der Waals surface area contributed by atoms with Gasteiger partial charge in [-0.05, 0) is 5.92 Å². The number of rotatable bonds is 4. The minimum absolute atomic E-state index is 0.00282. The van der Waals surface area contributed by atoms with E-state index in [1.165, 1.54) is 0 Å². The summed E-state index contributed by atoms with van der Waals surface area (Å²) in [5.74, 6) is -2.39. The van der Waals surface area contributed by atoms with Gasteiger partial charge in [0, 0.05) is 13.0 Å². The van der Waals surface area contributed by atoms with E-state index in [0.29, 0.717) is 0 Å². The fraction of sp³-hybridized carbons (Fsp3) is 1.00. The van der Waals surface area contributed by atoms with Crippen molar-refractivity contribution in [3.63, 3.8) is 0 Å². The smallest absolute Gasteiger partial charge is 0.256 e. The summed E-state index contributed by atoms with van der Waals surface area (Å²) < 4.78 is 26.0. The van der Waals surface area contributed by atoms with Gasteiger partial charge in [0.15, 0.2) is 0 Å². The molecule has 3 heteroatoms. The van der Waals surface area contributed by atoms with Crippen LogP contribution in [0.1, 0.15) is 33.1 Å². The Hall–Kier alpha value is -0.180. The third kappa shape index (κ3) is 1.15. The van der Waals surface area contributed by atoms with Crippen LogP contribution < -0.4 is 5.73 Å². The molecule has 1 atom stereocenters. The number of alkyl halides is 2. The van der Waals surface area contributed by atoms with E-state index in [0.717, 1.165) is 12.8 Å². The van der Waals surface area contributed by atoms with Crippen LogP contribution >= 0.6 is 0 Å². The zero-order valence-corrected chi connectivity index (χ0v) is 7.74. The van der Waals surface area contributed by atoms with Crippen molar-refractivity contribution in [3.8, 4) is 0 Å². The van der Waals surface area contributed by atoms with Gasteiger partial charge in [0.05, 0.1) is 5.41 Å². The first-order chi connectivity index (χ1) is 5.54. The summed E-state index contributed by atoms with van der Waals surface area (Å²) in [6.45, 7) is 4.05. The molecule has 0 heterocycles. The molecule has 0 aromatic rings. The molecule has 12 heavy (non-hydrogen) atoms. The number of halogens is 2. The molecule has 72 valence electrons. The minimum Gasteiger partial charge on any atom is -0.330 e. The number of hydrogen-bond donors (Lipinski definition) is 1. The summed E-state index contributed by atoms with van der Waals surface area (Å²) in [4.78, 5) is 0. The lowest BCUT2D eigenvalue weighted by Crippen LogP contribution is -2.30. The van der Waals surface area contributed by atoms with Crippen molar-refractivity contribution >= 4 is 0 Å². The molecule has 2 N–H and O–H groups in total. The highest BCUT2D eigenvalue weighted by Crippen LogP contribution is 2.65. The minimum atomic E-state index is -2.49. The van der Waals surface area contributed by atoms with Crippen LogP contribution in [-0.2, 0) is 0 Å². The maximum absolute atomic E-state index is 13.0. The third-order valence-electron chi connectivity index (χ3n) is 3.27. The quantitative estimate of drug-likeness (QED) is 0.701. The Kier molecular flexibility index (Phi) is 2.43. The lowest BCUT2D eigenvalue weighted by atomic mass is 9.84. The summed E-state index contributed by atoms with van der Waals surface area (Å²) in [5.41, 5.74) is 4.57. The molecule has 0 spiro atoms. The van der Waals surface area contributed by atoms with Crippen molar-refractivity contribution in [1.29, 1.82) is 0 Å². The fourth-order valence-electron chi connectivity index (χ4n) is 2.25. The van der Waals surface area contributed by atoms with Crippen LogP contribution in [0, 0.1) is 11.3 Å². The molecular formula is C9H17F2N. The van der Waals surface area contributed by atoms with E-state index in [9.17, 15) is 8.78 Å². The lowest BCUT2D eigenvalue weighted by Gasteiger charge is -2.23. The van der Waals surface area contributed by atoms with E-state index in [4.69, 9.17) is 5.73 Å². The van der Waals surface area contributed by atoms with Gasteiger partial charge in [-0.15, -0.1) is 0 Å². The molecule has 0 bridgehead atoms. The summed E-state index contributed by atoms with van der Waals surface area (Å²) in [6.07, 6.45) is 1.62. The van der Waals surface area contributed by atoms with Crippen LogP contribution in [0.4, 0.5) is 8.78 Å². The first-order valence-corrected chi connectivity index (χ1v) is 4.62. The Labute approximate surface area is 72.3 Å². The van der Waals surface area contributed by atoms with Crippen molar-refractivity contribution in [2.75, 3.05) is 6.54 Å². The van der Waals surface area contributed by atoms with Gasteiger partial charge < -0.3 is 5.73 Å². The third-order valence-corrected chi connectivity index (χ3v) is 3.27. The van der Waals surface area contributed by atoms with Crippen molar-refractivity contribution < 1.29 is 8.78 Å². The monoisotopic (exact) mass is 177 g/mol. The summed E-state index contributed by atoms with van der Waals surface area (Å²) >= 11 is 0. The van der Waals surface area contributed by atoms with Crippen LogP contribution in [0.15, 0.2) is 0 Å². The van der Waals surface area contributed by atoms with Crippen molar-refractivity contribution in [2.24, 2.45) is 17.1 Å². The Morgan fingerprint density at radius 2 is 1.75 bits per heavy atom. The molecule has 1 rings (SSSR count). The van der Waals surface area contributed by atoms with Crippen LogP contribution in [0.25, 0.3) is 0 Å². The van der Waals surface area contributed by atoms with Crippen LogP contribution in [-0.4, -0.2) is 12.5 Å². The van der Waals surface area contributed by atoms with Crippen LogP contribution in [0.3, 0.4) is 0 Å². The molecule has 1 nitrogen and oxygen atoms in total. The lowest BCUT2D eigenvalue weighted by molar-refractivity contribution is 0.0394. The maximum Gasteiger partial charge on any atom is 0.256 e. The van der Waals surface area contributed by atoms with E-state index >= 15 is 0 Å². The van der Waals surface area contributed by atoms with Gasteiger partial charge in [0.1, 0.15) is 0 Å². The molecule has 0 radical (unpaired) electrons. The topological polar surface area (TPSA) is 26.0 Å². The molecule has 1 unspecified atom stereocenters. The first-order valence-electron chi connectivity index (χ1n) is 4.62. The first kappa shape index (κ1) is 9.90. The Balaban J connectivity index is 2.70. The molecule has 1 aliphatic carbocycles. The molecule has 0 aromatic carbocycles. The second kappa shape index (κ2) is 2.95. The van der Waals surface area contributed by atoms with E-state index in [2.05, 4.69) is 0 Å². The van der Waals surface area contributed by atoms with Gasteiger partial charge in [-0.2, -0.15) is 0 Å². The van der Waals surface area contributed by atoms with Crippen LogP contribution in [0.5, 0.6) is 0 Å². The van der Waals surface area contributed by atoms with Gasteiger partial charge in [-0.1, -0.05) is 26.7 Å². The molecule has 1 saturated carbocycles. The summed E-state index contributed by atoms with van der Waals surface area (Å²) in [5, 5.41) is 0. The highest BCUT2D eigenvalue weighted by molar-refractivity contribution is 5.13. The maximum atomic E-state index is 13.0. The predicted molar refractivity (Wildman–Crippen MR) is 45.1 cm³/mol. The second-order valence-corrected chi connectivity index (χ2v) is 3.75. The van der Waals surface area contributed by atoms with E-state index < -0.39 is 11.3 Å². The predicted octanol–water partition coefficient (Wildman–Crippen LogP) is 2.41. The Morgan fingerprint density at radius 1 is 1.33 bits per heavy atom. The van der Waals surface area contributed by atoms with Gasteiger partial charge in [0.2, 0.25) is 0 Å². The summed E-state index contributed by atoms with van der Waals surface area (Å²) in [6, 6.07) is 0. The van der Waals surface area contributed by atoms with Crippen molar-refractivity contribution in [2.45, 2.75) is 39.0 Å². The average Bonchev–Trinajstić information content (AvgIpc) is 2.58. The van der Waals surface area contributed by atoms with E-state index in [1.807, 2.05) is 13.8 Å². The molecule has 0 amide bonds. The molecule has 0 aromatic heterocycles. The number of hydrogen-bond acceptors (Lipinski definition) is 1. The number of nitrogens with two attached hydrogens (primary N) is 1. The van der Waals surface area contributed by atoms with Gasteiger partial charge in [-0.25, -0.2) is 8.78 Å². The zero-order chi connectivity index (χ0) is 9.41. The van der Waals surface area contributed by atoms with Gasteiger partial charge in [-0.3, -0.25) is 0 Å². The van der Waals surface area contributed by atoms with Crippen LogP contribution in [0.2, 0.25) is 0 Å². The highest BCUT2D eigenvalue weighted by Gasteiger charge is 2.72.